The van der Waals surface area contributed by atoms with Gasteiger partial charge in [-0.1, -0.05) is 48.5 Å². The average Bonchev–Trinajstić information content (AvgIpc) is 2.78. The van der Waals surface area contributed by atoms with Gasteiger partial charge in [0.25, 0.3) is 0 Å². The fraction of sp³-hybridized carbons (Fsp3) is 0.294. The SMILES string of the molecule is OCc1ccccc1CC1(O)CCc2ccccc21. The second kappa shape index (κ2) is 4.80. The van der Waals surface area contributed by atoms with Crippen molar-refractivity contribution >= 4 is 0 Å². The van der Waals surface area contributed by atoms with Crippen molar-refractivity contribution in [1.82, 2.24) is 0 Å². The summed E-state index contributed by atoms with van der Waals surface area (Å²) in [5, 5.41) is 20.3. The standard InChI is InChI=1S/C17H18O2/c18-12-15-7-2-1-6-14(15)11-17(19)10-9-13-5-3-4-8-16(13)17/h1-8,18-19H,9-12H2. The van der Waals surface area contributed by atoms with Gasteiger partial charge in [-0.25, -0.2) is 0 Å². The molecule has 0 bridgehead atoms. The zero-order valence-electron chi connectivity index (χ0n) is 10.8. The number of aliphatic hydroxyl groups excluding tert-OH is 1. The molecule has 19 heavy (non-hydrogen) atoms. The molecule has 2 N–H and O–H groups in total. The van der Waals surface area contributed by atoms with E-state index in [0.717, 1.165) is 29.5 Å². The first-order valence-electron chi connectivity index (χ1n) is 6.71. The Kier molecular flexibility index (Phi) is 3.13. The molecule has 98 valence electrons. The molecule has 0 saturated carbocycles. The maximum atomic E-state index is 10.9. The molecule has 1 aliphatic carbocycles. The van der Waals surface area contributed by atoms with E-state index in [2.05, 4.69) is 6.07 Å². The minimum Gasteiger partial charge on any atom is -0.392 e. The van der Waals surface area contributed by atoms with E-state index < -0.39 is 5.60 Å². The smallest absolute Gasteiger partial charge is 0.0942 e. The zero-order chi connectivity index (χ0) is 13.3. The van der Waals surface area contributed by atoms with Gasteiger partial charge in [0.2, 0.25) is 0 Å². The summed E-state index contributed by atoms with van der Waals surface area (Å²) in [6.07, 6.45) is 2.25. The predicted octanol–water partition coefficient (Wildman–Crippen LogP) is 2.56. The number of aryl methyl sites for hydroxylation is 1. The highest BCUT2D eigenvalue weighted by atomic mass is 16.3. The highest BCUT2D eigenvalue weighted by Crippen LogP contribution is 2.39. The number of benzene rings is 2. The van der Waals surface area contributed by atoms with Gasteiger partial charge in [0.05, 0.1) is 12.2 Å². The van der Waals surface area contributed by atoms with Crippen LogP contribution in [0.15, 0.2) is 48.5 Å². The van der Waals surface area contributed by atoms with Crippen LogP contribution in [-0.4, -0.2) is 10.2 Å². The molecule has 2 aromatic carbocycles. The quantitative estimate of drug-likeness (QED) is 0.883. The molecule has 0 spiro atoms. The Labute approximate surface area is 113 Å². The van der Waals surface area contributed by atoms with Gasteiger partial charge < -0.3 is 10.2 Å². The third-order valence-electron chi connectivity index (χ3n) is 4.10. The van der Waals surface area contributed by atoms with Crippen molar-refractivity contribution in [3.63, 3.8) is 0 Å². The Balaban J connectivity index is 1.96. The van der Waals surface area contributed by atoms with Gasteiger partial charge in [0.15, 0.2) is 0 Å². The molecule has 2 heteroatoms. The molecular formula is C17H18O2. The summed E-state index contributed by atoms with van der Waals surface area (Å²) in [7, 11) is 0. The van der Waals surface area contributed by atoms with E-state index in [1.54, 1.807) is 0 Å². The molecule has 0 fully saturated rings. The van der Waals surface area contributed by atoms with Crippen LogP contribution < -0.4 is 0 Å². The van der Waals surface area contributed by atoms with Crippen LogP contribution in [0.1, 0.15) is 28.7 Å². The first-order valence-corrected chi connectivity index (χ1v) is 6.71. The third-order valence-corrected chi connectivity index (χ3v) is 4.10. The van der Waals surface area contributed by atoms with Gasteiger partial charge in [0.1, 0.15) is 0 Å². The number of aliphatic hydroxyl groups is 2. The average molecular weight is 254 g/mol. The van der Waals surface area contributed by atoms with Crippen molar-refractivity contribution in [3.8, 4) is 0 Å². The number of hydrogen-bond acceptors (Lipinski definition) is 2. The molecule has 0 heterocycles. The van der Waals surface area contributed by atoms with Crippen LogP contribution in [0.4, 0.5) is 0 Å². The van der Waals surface area contributed by atoms with Gasteiger partial charge in [-0.05, 0) is 35.1 Å². The summed E-state index contributed by atoms with van der Waals surface area (Å²) in [5.41, 5.74) is 3.43. The highest BCUT2D eigenvalue weighted by molar-refractivity contribution is 5.39. The summed E-state index contributed by atoms with van der Waals surface area (Å²) in [6, 6.07) is 15.9. The second-order valence-corrected chi connectivity index (χ2v) is 5.29. The molecule has 3 rings (SSSR count). The van der Waals surface area contributed by atoms with Crippen LogP contribution >= 0.6 is 0 Å². The first-order chi connectivity index (χ1) is 9.23. The minimum atomic E-state index is -0.790. The number of fused-ring (bicyclic) bond motifs is 1. The Morgan fingerprint density at radius 3 is 2.42 bits per heavy atom. The fourth-order valence-corrected chi connectivity index (χ4v) is 3.05. The molecule has 0 aliphatic heterocycles. The minimum absolute atomic E-state index is 0.0217. The lowest BCUT2D eigenvalue weighted by molar-refractivity contribution is 0.0385. The van der Waals surface area contributed by atoms with Crippen LogP contribution in [-0.2, 0) is 25.0 Å². The van der Waals surface area contributed by atoms with E-state index in [4.69, 9.17) is 0 Å². The number of hydrogen-bond donors (Lipinski definition) is 2. The molecule has 0 aromatic heterocycles. The van der Waals surface area contributed by atoms with Gasteiger partial charge >= 0.3 is 0 Å². The van der Waals surface area contributed by atoms with Crippen LogP contribution in [0.5, 0.6) is 0 Å². The summed E-state index contributed by atoms with van der Waals surface area (Å²) >= 11 is 0. The van der Waals surface area contributed by atoms with Gasteiger partial charge in [-0.15, -0.1) is 0 Å². The molecule has 1 atom stereocenters. The van der Waals surface area contributed by atoms with Crippen molar-refractivity contribution < 1.29 is 10.2 Å². The van der Waals surface area contributed by atoms with Crippen molar-refractivity contribution in [2.45, 2.75) is 31.5 Å². The summed E-state index contributed by atoms with van der Waals surface area (Å²) in [5.74, 6) is 0. The van der Waals surface area contributed by atoms with Crippen molar-refractivity contribution in [2.24, 2.45) is 0 Å². The van der Waals surface area contributed by atoms with E-state index in [9.17, 15) is 10.2 Å². The van der Waals surface area contributed by atoms with Crippen molar-refractivity contribution in [3.05, 3.63) is 70.8 Å². The van der Waals surface area contributed by atoms with E-state index in [1.165, 1.54) is 5.56 Å². The van der Waals surface area contributed by atoms with E-state index in [-0.39, 0.29) is 6.61 Å². The Bertz CT molecular complexity index is 591. The van der Waals surface area contributed by atoms with Gasteiger partial charge in [-0.3, -0.25) is 0 Å². The van der Waals surface area contributed by atoms with Gasteiger partial charge in [0, 0.05) is 6.42 Å². The maximum absolute atomic E-state index is 10.9. The summed E-state index contributed by atoms with van der Waals surface area (Å²) in [4.78, 5) is 0. The number of rotatable bonds is 3. The molecule has 2 aromatic rings. The molecule has 1 aliphatic rings. The molecule has 0 radical (unpaired) electrons. The molecule has 0 amide bonds. The zero-order valence-corrected chi connectivity index (χ0v) is 10.8. The lowest BCUT2D eigenvalue weighted by Crippen LogP contribution is -2.26. The monoisotopic (exact) mass is 254 g/mol. The highest BCUT2D eigenvalue weighted by Gasteiger charge is 2.36. The van der Waals surface area contributed by atoms with Crippen LogP contribution in [0.3, 0.4) is 0 Å². The molecular weight excluding hydrogens is 236 g/mol. The largest absolute Gasteiger partial charge is 0.392 e. The Morgan fingerprint density at radius 2 is 1.63 bits per heavy atom. The Morgan fingerprint density at radius 1 is 0.947 bits per heavy atom. The molecule has 2 nitrogen and oxygen atoms in total. The predicted molar refractivity (Wildman–Crippen MR) is 74.7 cm³/mol. The molecule has 0 saturated heterocycles. The lowest BCUT2D eigenvalue weighted by Gasteiger charge is -2.25. The fourth-order valence-electron chi connectivity index (χ4n) is 3.05. The lowest BCUT2D eigenvalue weighted by atomic mass is 9.87. The van der Waals surface area contributed by atoms with E-state index in [1.807, 2.05) is 42.5 Å². The Hall–Kier alpha value is -1.64. The van der Waals surface area contributed by atoms with Crippen molar-refractivity contribution in [1.29, 1.82) is 0 Å². The molecule has 1 unspecified atom stereocenters. The topological polar surface area (TPSA) is 40.5 Å². The van der Waals surface area contributed by atoms with Gasteiger partial charge in [-0.2, -0.15) is 0 Å². The van der Waals surface area contributed by atoms with E-state index >= 15 is 0 Å². The first kappa shape index (κ1) is 12.4. The normalized spacial score (nSPS) is 21.4. The maximum Gasteiger partial charge on any atom is 0.0942 e. The van der Waals surface area contributed by atoms with Crippen LogP contribution in [0.25, 0.3) is 0 Å². The second-order valence-electron chi connectivity index (χ2n) is 5.29. The van der Waals surface area contributed by atoms with E-state index in [0.29, 0.717) is 6.42 Å². The summed E-state index contributed by atoms with van der Waals surface area (Å²) < 4.78 is 0. The van der Waals surface area contributed by atoms with Crippen LogP contribution in [0.2, 0.25) is 0 Å². The van der Waals surface area contributed by atoms with Crippen LogP contribution in [0, 0.1) is 0 Å². The third kappa shape index (κ3) is 2.18. The summed E-state index contributed by atoms with van der Waals surface area (Å²) in [6.45, 7) is 0.0217. The van der Waals surface area contributed by atoms with Crippen molar-refractivity contribution in [2.75, 3.05) is 0 Å².